The molecule has 0 amide bonds. The number of rotatable bonds is 2. The summed E-state index contributed by atoms with van der Waals surface area (Å²) < 4.78 is 46.3. The summed E-state index contributed by atoms with van der Waals surface area (Å²) in [5.41, 5.74) is 0. The van der Waals surface area contributed by atoms with Gasteiger partial charge in [-0.3, -0.25) is 7.94 Å². The van der Waals surface area contributed by atoms with Crippen LogP contribution in [0.3, 0.4) is 0 Å². The van der Waals surface area contributed by atoms with Crippen LogP contribution in [0.1, 0.15) is 0 Å². The molecule has 0 aliphatic carbocycles. The molecule has 0 saturated carbocycles. The molecule has 11 heteroatoms. The lowest BCUT2D eigenvalue weighted by molar-refractivity contribution is 0.566. The van der Waals surface area contributed by atoms with Crippen molar-refractivity contribution in [2.24, 2.45) is 0 Å². The van der Waals surface area contributed by atoms with E-state index in [9.17, 15) is 16.8 Å². The van der Waals surface area contributed by atoms with Crippen LogP contribution in [0, 0.1) is 0 Å². The minimum atomic E-state index is -3.75. The van der Waals surface area contributed by atoms with Crippen LogP contribution in [0.2, 0.25) is 0 Å². The summed E-state index contributed by atoms with van der Waals surface area (Å²) in [6.45, 7) is 0. The van der Waals surface area contributed by atoms with Gasteiger partial charge < -0.3 is 0 Å². The molecule has 0 bridgehead atoms. The number of halogens is 2. The summed E-state index contributed by atoms with van der Waals surface area (Å²) in [5, 5.41) is 0. The Morgan fingerprint density at radius 3 is 1.33 bits per heavy atom. The molecule has 1 heterocycles. The second-order valence-corrected chi connectivity index (χ2v) is 13.0. The molecule has 0 aromatic carbocycles. The molecule has 0 atom stereocenters. The topological polar surface area (TPSA) is 74.8 Å². The largest absolute Gasteiger partial charge is 0.496 e. The predicted molar refractivity (Wildman–Crippen MR) is 60.0 cm³/mol. The second kappa shape index (κ2) is 3.52. The van der Waals surface area contributed by atoms with Gasteiger partial charge in [-0.1, -0.05) is 22.2 Å². The predicted octanol–water partition coefficient (Wildman–Crippen LogP) is -0.0924. The normalized spacial score (nSPS) is 21.1. The van der Waals surface area contributed by atoms with Gasteiger partial charge in [-0.25, -0.2) is 16.8 Å². The third-order valence-corrected chi connectivity index (χ3v) is 11.6. The van der Waals surface area contributed by atoms with E-state index in [4.69, 9.17) is 22.2 Å². The second-order valence-electron chi connectivity index (χ2n) is 2.93. The average Bonchev–Trinajstić information content (AvgIpc) is 2.21. The lowest BCUT2D eigenvalue weighted by Crippen LogP contribution is -2.53. The molecular weight excluding hydrogens is 303 g/mol. The first kappa shape index (κ1) is 13.1. The molecule has 1 aliphatic heterocycles. The van der Waals surface area contributed by atoms with E-state index in [0.717, 1.165) is 24.9 Å². The summed E-state index contributed by atoms with van der Waals surface area (Å²) >= 11 is 11.6. The molecule has 1 rings (SSSR count). The van der Waals surface area contributed by atoms with Gasteiger partial charge in [0.25, 0.3) is 0 Å². The van der Waals surface area contributed by atoms with Gasteiger partial charge in [-0.2, -0.15) is 0 Å². The number of nitrogens with zero attached hydrogens (tertiary/aromatic N) is 2. The van der Waals surface area contributed by atoms with Gasteiger partial charge in [0.05, 0.1) is 12.5 Å². The average molecular weight is 311 g/mol. The number of hydrogen-bond acceptors (Lipinski definition) is 4. The first-order valence-corrected chi connectivity index (χ1v) is 11.1. The van der Waals surface area contributed by atoms with Crippen LogP contribution in [0.25, 0.3) is 0 Å². The maximum Gasteiger partial charge on any atom is 0.496 e. The van der Waals surface area contributed by atoms with E-state index >= 15 is 0 Å². The molecule has 0 radical (unpaired) electrons. The van der Waals surface area contributed by atoms with Crippen LogP contribution < -0.4 is 0 Å². The van der Waals surface area contributed by atoms with Crippen LogP contribution in [0.15, 0.2) is 12.4 Å². The SMILES string of the molecule is CS(=O)(=O)N1C=CN(S(C)(=O)=O)[Si]1(Cl)Cl. The molecule has 1 aliphatic rings. The maximum absolute atomic E-state index is 11.2. The quantitative estimate of drug-likeness (QED) is 0.527. The zero-order chi connectivity index (χ0) is 12.1. The lowest BCUT2D eigenvalue weighted by atomic mass is 11.0. The Morgan fingerprint density at radius 2 is 1.20 bits per heavy atom. The first-order chi connectivity index (χ1) is 6.47. The van der Waals surface area contributed by atoms with E-state index in [-0.39, 0.29) is 0 Å². The minimum Gasteiger partial charge on any atom is -0.257 e. The van der Waals surface area contributed by atoms with Crippen LogP contribution in [-0.2, 0) is 20.0 Å². The standard InChI is InChI=1S/C4H8Cl2N2O4S2Si/c1-13(9,10)7-3-4-8(14(2,11)12)15(7,5)6/h3-4H,1-2H3. The Balaban J connectivity index is 3.24. The van der Waals surface area contributed by atoms with Crippen LogP contribution in [0.4, 0.5) is 0 Å². The molecule has 6 nitrogen and oxygen atoms in total. The summed E-state index contributed by atoms with van der Waals surface area (Å²) in [6.07, 6.45) is 3.89. The van der Waals surface area contributed by atoms with E-state index < -0.39 is 27.1 Å². The fourth-order valence-electron chi connectivity index (χ4n) is 1.02. The van der Waals surface area contributed by atoms with Gasteiger partial charge >= 0.3 is 7.02 Å². The summed E-state index contributed by atoms with van der Waals surface area (Å²) in [7, 11) is -11.1. The van der Waals surface area contributed by atoms with Gasteiger partial charge in [-0.15, -0.1) is 0 Å². The number of hydrogen-bond donors (Lipinski definition) is 0. The van der Waals surface area contributed by atoms with Crippen molar-refractivity contribution in [2.75, 3.05) is 12.5 Å². The summed E-state index contributed by atoms with van der Waals surface area (Å²) in [4.78, 5) is 0. The van der Waals surface area contributed by atoms with Gasteiger partial charge in [0.2, 0.25) is 20.0 Å². The van der Waals surface area contributed by atoms with E-state index in [0.29, 0.717) is 7.94 Å². The van der Waals surface area contributed by atoms with E-state index in [2.05, 4.69) is 0 Å². The first-order valence-electron chi connectivity index (χ1n) is 3.52. The van der Waals surface area contributed by atoms with Gasteiger partial charge in [0, 0.05) is 12.4 Å². The molecule has 0 saturated heterocycles. The molecular formula is C4H8Cl2N2O4S2Si. The van der Waals surface area contributed by atoms with Crippen molar-refractivity contribution in [3.05, 3.63) is 12.4 Å². The Hall–Kier alpha value is 0.0369. The molecule has 0 unspecified atom stereocenters. The van der Waals surface area contributed by atoms with Crippen molar-refractivity contribution in [3.63, 3.8) is 0 Å². The van der Waals surface area contributed by atoms with Crippen LogP contribution >= 0.6 is 22.2 Å². The van der Waals surface area contributed by atoms with Crippen molar-refractivity contribution in [3.8, 4) is 0 Å². The smallest absolute Gasteiger partial charge is 0.257 e. The molecule has 0 fully saturated rings. The third-order valence-electron chi connectivity index (χ3n) is 1.58. The minimum absolute atomic E-state index is 0.685. The Bertz CT molecular complexity index is 455. The molecule has 0 spiro atoms. The highest BCUT2D eigenvalue weighted by atomic mass is 35.7. The van der Waals surface area contributed by atoms with Crippen molar-refractivity contribution in [1.29, 1.82) is 0 Å². The highest BCUT2D eigenvalue weighted by Crippen LogP contribution is 2.34. The fraction of sp³-hybridized carbons (Fsp3) is 0.500. The zero-order valence-corrected chi connectivity index (χ0v) is 11.9. The zero-order valence-electron chi connectivity index (χ0n) is 7.75. The van der Waals surface area contributed by atoms with Crippen molar-refractivity contribution in [1.82, 2.24) is 7.94 Å². The highest BCUT2D eigenvalue weighted by Gasteiger charge is 2.54. The van der Waals surface area contributed by atoms with Gasteiger partial charge in [-0.05, 0) is 0 Å². The van der Waals surface area contributed by atoms with Crippen LogP contribution in [-0.4, -0.2) is 44.3 Å². The lowest BCUT2D eigenvalue weighted by Gasteiger charge is -2.28. The Labute approximate surface area is 98.7 Å². The Morgan fingerprint density at radius 1 is 0.933 bits per heavy atom. The highest BCUT2D eigenvalue weighted by molar-refractivity contribution is 7.94. The molecule has 88 valence electrons. The third kappa shape index (κ3) is 2.41. The summed E-state index contributed by atoms with van der Waals surface area (Å²) in [6, 6.07) is 0. The molecule has 15 heavy (non-hydrogen) atoms. The Kier molecular flexibility index (Phi) is 3.07. The monoisotopic (exact) mass is 310 g/mol. The van der Waals surface area contributed by atoms with E-state index in [1.807, 2.05) is 0 Å². The fourth-order valence-corrected chi connectivity index (χ4v) is 11.3. The van der Waals surface area contributed by atoms with Crippen molar-refractivity contribution < 1.29 is 16.8 Å². The van der Waals surface area contributed by atoms with Crippen molar-refractivity contribution >= 4 is 49.2 Å². The molecule has 0 N–H and O–H groups in total. The van der Waals surface area contributed by atoms with E-state index in [1.54, 1.807) is 0 Å². The van der Waals surface area contributed by atoms with Gasteiger partial charge in [0.1, 0.15) is 0 Å². The molecule has 0 aromatic heterocycles. The van der Waals surface area contributed by atoms with Crippen LogP contribution in [0.5, 0.6) is 0 Å². The van der Waals surface area contributed by atoms with E-state index in [1.165, 1.54) is 0 Å². The number of sulfonamides is 2. The van der Waals surface area contributed by atoms with Gasteiger partial charge in [0.15, 0.2) is 0 Å². The molecule has 0 aromatic rings. The summed E-state index contributed by atoms with van der Waals surface area (Å²) in [5.74, 6) is 0. The van der Waals surface area contributed by atoms with Crippen molar-refractivity contribution in [2.45, 2.75) is 0 Å². The maximum atomic E-state index is 11.2.